The van der Waals surface area contributed by atoms with Gasteiger partial charge in [-0.2, -0.15) is 23.1 Å². The van der Waals surface area contributed by atoms with E-state index in [1.165, 1.54) is 12.1 Å². The molecule has 5 fully saturated rings. The Morgan fingerprint density at radius 2 is 2.04 bits per heavy atom. The largest absolute Gasteiger partial charge is 0.508 e. The summed E-state index contributed by atoms with van der Waals surface area (Å²) in [4.78, 5) is 27.2. The van der Waals surface area contributed by atoms with Crippen molar-refractivity contribution in [3.8, 4) is 29.8 Å². The number of fused-ring (bicyclic) bond motifs is 6. The average Bonchev–Trinajstić information content (AvgIpc) is 3.55. The lowest BCUT2D eigenvalue weighted by Gasteiger charge is -2.46. The third-order valence-electron chi connectivity index (χ3n) is 10.3. The van der Waals surface area contributed by atoms with Gasteiger partial charge in [-0.1, -0.05) is 12.0 Å². The van der Waals surface area contributed by atoms with E-state index in [0.717, 1.165) is 37.5 Å². The molecule has 2 unspecified atom stereocenters. The van der Waals surface area contributed by atoms with E-state index >= 15 is 13.2 Å². The van der Waals surface area contributed by atoms with Gasteiger partial charge in [0, 0.05) is 49.6 Å². The van der Waals surface area contributed by atoms with E-state index in [9.17, 15) is 18.7 Å². The molecule has 0 aliphatic carbocycles. The molecule has 48 heavy (non-hydrogen) atoms. The quantitative estimate of drug-likeness (QED) is 0.234. The van der Waals surface area contributed by atoms with E-state index in [2.05, 4.69) is 21.2 Å². The van der Waals surface area contributed by atoms with Crippen LogP contribution in [-0.2, 0) is 6.18 Å². The van der Waals surface area contributed by atoms with Gasteiger partial charge in [0.1, 0.15) is 41.3 Å². The first-order chi connectivity index (χ1) is 23.3. The van der Waals surface area contributed by atoms with Gasteiger partial charge in [-0.05, 0) is 55.8 Å². The van der Waals surface area contributed by atoms with Crippen LogP contribution in [-0.4, -0.2) is 81.1 Å². The minimum absolute atomic E-state index is 0.0525. The molecular weight excluding hydrogens is 635 g/mol. The molecule has 250 valence electrons. The van der Waals surface area contributed by atoms with Crippen LogP contribution in [0.1, 0.15) is 44.7 Å². The standard InChI is InChI=1S/C34H31F5N6O3/c1-2-23-25(36)7-4-18-10-22(46)11-26(28(18)23)45-27(34(37,38)39)12-24-29(31(45)47)41-32(42-30(24)44-16-20-5-6-21(44)14-40-20)48-17-33-8-3-9-43(33)15-19(35)13-33/h1,4,7,10-12,19-21,40,46H,3,5-6,8-9,13-17H2/t19-,20?,21?,33+/m1/s1/i19D. The molecule has 14 heteroatoms. The molecule has 4 atom stereocenters. The minimum Gasteiger partial charge on any atom is -0.508 e. The molecule has 4 aromatic rings. The van der Waals surface area contributed by atoms with Crippen LogP contribution in [0.3, 0.4) is 0 Å². The molecule has 2 N–H and O–H groups in total. The lowest BCUT2D eigenvalue weighted by atomic mass is 9.93. The van der Waals surface area contributed by atoms with Crippen molar-refractivity contribution in [1.29, 1.82) is 0 Å². The van der Waals surface area contributed by atoms with Gasteiger partial charge in [-0.25, -0.2) is 8.78 Å². The number of terminal acetylenes is 1. The van der Waals surface area contributed by atoms with Crippen LogP contribution in [0.15, 0.2) is 35.1 Å². The highest BCUT2D eigenvalue weighted by Gasteiger charge is 2.49. The van der Waals surface area contributed by atoms with Crippen LogP contribution >= 0.6 is 0 Å². The fraction of sp³-hybridized carbons (Fsp3) is 0.441. The highest BCUT2D eigenvalue weighted by molar-refractivity contribution is 5.97. The Labute approximate surface area is 272 Å². The van der Waals surface area contributed by atoms with Gasteiger partial charge >= 0.3 is 12.2 Å². The number of benzene rings is 2. The summed E-state index contributed by atoms with van der Waals surface area (Å²) < 4.78 is 89.3. The number of phenols is 1. The van der Waals surface area contributed by atoms with Gasteiger partial charge < -0.3 is 20.1 Å². The second kappa shape index (κ2) is 11.0. The average molecular weight is 668 g/mol. The number of nitrogens with zero attached hydrogens (tertiary/aromatic N) is 5. The van der Waals surface area contributed by atoms with Crippen molar-refractivity contribution in [1.82, 2.24) is 24.8 Å². The number of halogens is 5. The van der Waals surface area contributed by atoms with Gasteiger partial charge in [-0.3, -0.25) is 14.3 Å². The maximum atomic E-state index is 15.0. The molecule has 5 saturated heterocycles. The summed E-state index contributed by atoms with van der Waals surface area (Å²) in [5, 5.41) is 13.7. The zero-order valence-corrected chi connectivity index (χ0v) is 25.6. The lowest BCUT2D eigenvalue weighted by Crippen LogP contribution is -2.61. The summed E-state index contributed by atoms with van der Waals surface area (Å²) in [7, 11) is 0. The van der Waals surface area contributed by atoms with Crippen molar-refractivity contribution in [3.05, 3.63) is 57.8 Å². The summed E-state index contributed by atoms with van der Waals surface area (Å²) in [6, 6.07) is 4.86. The van der Waals surface area contributed by atoms with Crippen LogP contribution in [0.5, 0.6) is 11.8 Å². The molecule has 2 aromatic heterocycles. The van der Waals surface area contributed by atoms with Crippen molar-refractivity contribution < 1.29 is 33.2 Å². The Balaban J connectivity index is 1.37. The number of aromatic hydroxyl groups is 1. The predicted molar refractivity (Wildman–Crippen MR) is 168 cm³/mol. The molecule has 0 amide bonds. The Kier molecular flexibility index (Phi) is 6.81. The first kappa shape index (κ1) is 29.6. The number of hydrogen-bond donors (Lipinski definition) is 2. The van der Waals surface area contributed by atoms with E-state index in [1.54, 1.807) is 0 Å². The normalized spacial score (nSPS) is 27.4. The maximum Gasteiger partial charge on any atom is 0.431 e. The summed E-state index contributed by atoms with van der Waals surface area (Å²) in [6.07, 6.45) is 1.19. The molecule has 9 nitrogen and oxygen atoms in total. The molecule has 7 heterocycles. The molecule has 0 saturated carbocycles. The SMILES string of the molecule is [2H][C@]1(F)CN2CCC[C@@]2(COc2nc(N3CC4CCC3CN4)c3cc(C(F)(F)F)n(-c4cc(O)cc5ccc(F)c(C#C)c45)c(=O)c3n2)C1. The van der Waals surface area contributed by atoms with Gasteiger partial charge in [0.05, 0.1) is 23.5 Å². The van der Waals surface area contributed by atoms with Gasteiger partial charge in [0.25, 0.3) is 5.56 Å². The van der Waals surface area contributed by atoms with E-state index in [1.807, 2.05) is 9.80 Å². The summed E-state index contributed by atoms with van der Waals surface area (Å²) >= 11 is 0. The number of piperazine rings is 1. The zero-order chi connectivity index (χ0) is 34.5. The number of rotatable bonds is 5. The monoisotopic (exact) mass is 667 g/mol. The Bertz CT molecular complexity index is 2130. The number of nitrogens with one attached hydrogen (secondary N) is 1. The second-order valence-electron chi connectivity index (χ2n) is 13.1. The summed E-state index contributed by atoms with van der Waals surface area (Å²) in [5.74, 6) is 0.895. The van der Waals surface area contributed by atoms with Crippen LogP contribution in [0.25, 0.3) is 27.4 Å². The maximum absolute atomic E-state index is 15.0. The zero-order valence-electron chi connectivity index (χ0n) is 26.6. The van der Waals surface area contributed by atoms with Crippen LogP contribution < -0.4 is 20.5 Å². The summed E-state index contributed by atoms with van der Waals surface area (Å²) in [5.41, 5.74) is -4.67. The highest BCUT2D eigenvalue weighted by Crippen LogP contribution is 2.42. The molecule has 0 spiro atoms. The predicted octanol–water partition coefficient (Wildman–Crippen LogP) is 4.67. The molecule has 9 rings (SSSR count). The smallest absolute Gasteiger partial charge is 0.431 e. The van der Waals surface area contributed by atoms with Crippen molar-refractivity contribution in [2.75, 3.05) is 37.7 Å². The van der Waals surface area contributed by atoms with Crippen molar-refractivity contribution in [2.24, 2.45) is 0 Å². The number of pyridine rings is 1. The molecule has 0 radical (unpaired) electrons. The fourth-order valence-electron chi connectivity index (χ4n) is 8.04. The van der Waals surface area contributed by atoms with Crippen LogP contribution in [0, 0.1) is 18.2 Å². The number of alkyl halides is 4. The number of ether oxygens (including phenoxy) is 1. The Morgan fingerprint density at radius 3 is 2.75 bits per heavy atom. The van der Waals surface area contributed by atoms with E-state index in [4.69, 9.17) is 12.5 Å². The number of piperidine rings is 2. The van der Waals surface area contributed by atoms with E-state index < -0.39 is 51.9 Å². The van der Waals surface area contributed by atoms with Crippen molar-refractivity contribution in [3.63, 3.8) is 0 Å². The van der Waals surface area contributed by atoms with Crippen molar-refractivity contribution >= 4 is 27.5 Å². The molecule has 2 bridgehead atoms. The minimum atomic E-state index is -5.10. The molecular formula is C34H31F5N6O3. The van der Waals surface area contributed by atoms with Crippen molar-refractivity contribution in [2.45, 2.75) is 62.1 Å². The van der Waals surface area contributed by atoms with Crippen LogP contribution in [0.4, 0.5) is 27.8 Å². The van der Waals surface area contributed by atoms with Gasteiger partial charge in [0.2, 0.25) is 0 Å². The van der Waals surface area contributed by atoms with E-state index in [0.29, 0.717) is 30.6 Å². The Hall–Kier alpha value is -4.48. The number of hydrogen-bond acceptors (Lipinski definition) is 8. The molecule has 5 aliphatic heterocycles. The third-order valence-corrected chi connectivity index (χ3v) is 10.3. The van der Waals surface area contributed by atoms with Gasteiger partial charge in [0.15, 0.2) is 0 Å². The Morgan fingerprint density at radius 1 is 1.21 bits per heavy atom. The first-order valence-corrected chi connectivity index (χ1v) is 15.8. The van der Waals surface area contributed by atoms with Crippen LogP contribution in [0.2, 0.25) is 0 Å². The molecule has 2 aromatic carbocycles. The fourth-order valence-corrected chi connectivity index (χ4v) is 8.04. The summed E-state index contributed by atoms with van der Waals surface area (Å²) in [6.45, 7) is 1.40. The number of phenolic OH excluding ortho intramolecular Hbond substituents is 1. The number of aromatic nitrogens is 3. The topological polar surface area (TPSA) is 95.8 Å². The number of anilines is 1. The third kappa shape index (κ3) is 4.85. The molecule has 5 aliphatic rings. The van der Waals surface area contributed by atoms with Gasteiger partial charge in [-0.15, -0.1) is 6.42 Å². The lowest BCUT2D eigenvalue weighted by molar-refractivity contribution is -0.142. The second-order valence-corrected chi connectivity index (χ2v) is 13.1. The first-order valence-electron chi connectivity index (χ1n) is 16.3. The van der Waals surface area contributed by atoms with E-state index in [-0.39, 0.29) is 65.2 Å². The highest BCUT2D eigenvalue weighted by atomic mass is 19.4.